The van der Waals surface area contributed by atoms with E-state index in [4.69, 9.17) is 11.6 Å². The van der Waals surface area contributed by atoms with E-state index in [2.05, 4.69) is 10.1 Å². The summed E-state index contributed by atoms with van der Waals surface area (Å²) in [6, 6.07) is 20.9. The van der Waals surface area contributed by atoms with Crippen molar-refractivity contribution in [3.8, 4) is 5.69 Å². The van der Waals surface area contributed by atoms with Crippen molar-refractivity contribution < 1.29 is 4.79 Å². The van der Waals surface area contributed by atoms with Crippen LogP contribution in [0.25, 0.3) is 22.7 Å². The van der Waals surface area contributed by atoms with Gasteiger partial charge in [-0.25, -0.2) is 4.98 Å². The van der Waals surface area contributed by atoms with E-state index in [-0.39, 0.29) is 16.5 Å². The Morgan fingerprint density at radius 3 is 2.44 bits per heavy atom. The van der Waals surface area contributed by atoms with Gasteiger partial charge in [0.2, 0.25) is 5.91 Å². The summed E-state index contributed by atoms with van der Waals surface area (Å²) in [5.74, 6) is -0.0710. The number of aromatic nitrogens is 3. The number of hydrogen-bond donors (Lipinski definition) is 0. The molecule has 3 heterocycles. The van der Waals surface area contributed by atoms with Gasteiger partial charge in [-0.05, 0) is 30.3 Å². The van der Waals surface area contributed by atoms with Gasteiger partial charge in [0.15, 0.2) is 0 Å². The molecule has 0 radical (unpaired) electrons. The first kappa shape index (κ1) is 21.9. The quantitative estimate of drug-likeness (QED) is 0.423. The maximum Gasteiger partial charge on any atom is 0.292 e. The Balaban J connectivity index is 1.24. The zero-order valence-corrected chi connectivity index (χ0v) is 19.1. The normalized spacial score (nSPS) is 14.1. The second kappa shape index (κ2) is 9.49. The van der Waals surface area contributed by atoms with Crippen molar-refractivity contribution in [1.82, 2.24) is 19.7 Å². The van der Waals surface area contributed by atoms with Crippen LogP contribution in [-0.4, -0.2) is 51.8 Å². The van der Waals surface area contributed by atoms with Gasteiger partial charge in [-0.2, -0.15) is 9.78 Å². The molecule has 1 aliphatic heterocycles. The Kier molecular flexibility index (Phi) is 6.10. The lowest BCUT2D eigenvalue weighted by Crippen LogP contribution is -2.48. The summed E-state index contributed by atoms with van der Waals surface area (Å²) >= 11 is 6.43. The molecule has 34 heavy (non-hydrogen) atoms. The summed E-state index contributed by atoms with van der Waals surface area (Å²) in [6.07, 6.45) is 4.91. The zero-order chi connectivity index (χ0) is 23.5. The third kappa shape index (κ3) is 4.43. The highest BCUT2D eigenvalue weighted by Gasteiger charge is 2.23. The number of para-hydroxylation sites is 2. The fourth-order valence-electron chi connectivity index (χ4n) is 4.00. The molecule has 1 saturated heterocycles. The molecule has 0 saturated carbocycles. The number of benzene rings is 2. The molecule has 170 valence electrons. The first-order valence-electron chi connectivity index (χ1n) is 11.0. The largest absolute Gasteiger partial charge is 0.365 e. The predicted octanol–water partition coefficient (Wildman–Crippen LogP) is 3.80. The average molecular weight is 472 g/mol. The SMILES string of the molecule is O=C(/C=C/c1ccc2ccccc2n1)N1CCN(c2cnn(-c3ccccc3)c(=O)c2Cl)CC1. The Bertz CT molecular complexity index is 1430. The van der Waals surface area contributed by atoms with Crippen molar-refractivity contribution in [3.05, 3.63) is 100 Å². The minimum absolute atomic E-state index is 0.0710. The standard InChI is InChI=1S/C26H22ClN5O2/c27-25-23(18-28-32(26(25)34)21-7-2-1-3-8-21)30-14-16-31(17-15-30)24(33)13-12-20-11-10-19-6-4-5-9-22(19)29-20/h1-13,18H,14-17H2/b13-12+. The topological polar surface area (TPSA) is 71.3 Å². The molecule has 5 rings (SSSR count). The van der Waals surface area contributed by atoms with E-state index in [1.54, 1.807) is 35.4 Å². The number of amides is 1. The van der Waals surface area contributed by atoms with Crippen LogP contribution in [0.15, 0.2) is 83.8 Å². The highest BCUT2D eigenvalue weighted by Crippen LogP contribution is 2.23. The first-order valence-corrected chi connectivity index (χ1v) is 11.4. The Morgan fingerprint density at radius 1 is 0.912 bits per heavy atom. The van der Waals surface area contributed by atoms with E-state index >= 15 is 0 Å². The summed E-state index contributed by atoms with van der Waals surface area (Å²) in [5, 5.41) is 5.49. The van der Waals surface area contributed by atoms with E-state index in [1.807, 2.05) is 59.5 Å². The van der Waals surface area contributed by atoms with Crippen LogP contribution in [0, 0.1) is 0 Å². The number of nitrogens with zero attached hydrogens (tertiary/aromatic N) is 5. The van der Waals surface area contributed by atoms with Crippen LogP contribution in [-0.2, 0) is 4.79 Å². The summed E-state index contributed by atoms with van der Waals surface area (Å²) in [6.45, 7) is 2.16. The number of rotatable bonds is 4. The van der Waals surface area contributed by atoms with Gasteiger partial charge < -0.3 is 9.80 Å². The van der Waals surface area contributed by atoms with Gasteiger partial charge in [0.05, 0.1) is 28.8 Å². The molecule has 2 aromatic carbocycles. The fourth-order valence-corrected chi connectivity index (χ4v) is 4.25. The van der Waals surface area contributed by atoms with Crippen molar-refractivity contribution in [3.63, 3.8) is 0 Å². The number of piperazine rings is 1. The molecule has 0 aliphatic carbocycles. The minimum Gasteiger partial charge on any atom is -0.365 e. The van der Waals surface area contributed by atoms with Crippen LogP contribution < -0.4 is 10.5 Å². The highest BCUT2D eigenvalue weighted by molar-refractivity contribution is 6.33. The lowest BCUT2D eigenvalue weighted by Gasteiger charge is -2.35. The van der Waals surface area contributed by atoms with Crippen LogP contribution >= 0.6 is 11.6 Å². The third-order valence-electron chi connectivity index (χ3n) is 5.85. The van der Waals surface area contributed by atoms with E-state index in [0.29, 0.717) is 37.6 Å². The van der Waals surface area contributed by atoms with Gasteiger partial charge in [-0.15, -0.1) is 0 Å². The summed E-state index contributed by atoms with van der Waals surface area (Å²) in [7, 11) is 0. The average Bonchev–Trinajstić information content (AvgIpc) is 2.89. The molecule has 2 aromatic heterocycles. The van der Waals surface area contributed by atoms with Gasteiger partial charge in [-0.3, -0.25) is 9.59 Å². The van der Waals surface area contributed by atoms with E-state index < -0.39 is 0 Å². The van der Waals surface area contributed by atoms with Crippen LogP contribution in [0.2, 0.25) is 5.02 Å². The van der Waals surface area contributed by atoms with E-state index in [9.17, 15) is 9.59 Å². The molecule has 1 aliphatic rings. The van der Waals surface area contributed by atoms with Gasteiger partial charge in [0.1, 0.15) is 5.02 Å². The second-order valence-electron chi connectivity index (χ2n) is 7.97. The summed E-state index contributed by atoms with van der Waals surface area (Å²) in [5.41, 5.74) is 2.51. The maximum atomic E-state index is 12.8. The lowest BCUT2D eigenvalue weighted by molar-refractivity contribution is -0.126. The molecular formula is C26H22ClN5O2. The lowest BCUT2D eigenvalue weighted by atomic mass is 10.2. The first-order chi connectivity index (χ1) is 16.6. The number of fused-ring (bicyclic) bond motifs is 1. The molecule has 4 aromatic rings. The van der Waals surface area contributed by atoms with Crippen LogP contribution in [0.1, 0.15) is 5.69 Å². The van der Waals surface area contributed by atoms with E-state index in [0.717, 1.165) is 16.6 Å². The molecule has 0 unspecified atom stereocenters. The van der Waals surface area contributed by atoms with E-state index in [1.165, 1.54) is 4.68 Å². The second-order valence-corrected chi connectivity index (χ2v) is 8.35. The van der Waals surface area contributed by atoms with Crippen molar-refractivity contribution >= 4 is 40.2 Å². The minimum atomic E-state index is -0.366. The third-order valence-corrected chi connectivity index (χ3v) is 6.21. The van der Waals surface area contributed by atoms with Crippen molar-refractivity contribution in [2.75, 3.05) is 31.1 Å². The Labute approximate surface area is 201 Å². The maximum absolute atomic E-state index is 12.8. The van der Waals surface area contributed by atoms with Gasteiger partial charge in [0, 0.05) is 37.6 Å². The number of hydrogen-bond acceptors (Lipinski definition) is 5. The van der Waals surface area contributed by atoms with Gasteiger partial charge in [-0.1, -0.05) is 54.1 Å². The molecule has 1 amide bonds. The number of carbonyl (C=O) groups excluding carboxylic acids is 1. The fraction of sp³-hybridized carbons (Fsp3) is 0.154. The summed E-state index contributed by atoms with van der Waals surface area (Å²) < 4.78 is 1.29. The Morgan fingerprint density at radius 2 is 1.65 bits per heavy atom. The van der Waals surface area contributed by atoms with Crippen LogP contribution in [0.5, 0.6) is 0 Å². The van der Waals surface area contributed by atoms with Crippen LogP contribution in [0.4, 0.5) is 5.69 Å². The zero-order valence-electron chi connectivity index (χ0n) is 18.3. The highest BCUT2D eigenvalue weighted by atomic mass is 35.5. The number of carbonyl (C=O) groups is 1. The smallest absolute Gasteiger partial charge is 0.292 e. The van der Waals surface area contributed by atoms with Crippen molar-refractivity contribution in [1.29, 1.82) is 0 Å². The van der Waals surface area contributed by atoms with Crippen LogP contribution in [0.3, 0.4) is 0 Å². The molecule has 0 N–H and O–H groups in total. The Hall–Kier alpha value is -3.97. The monoisotopic (exact) mass is 471 g/mol. The molecule has 8 heteroatoms. The molecule has 0 atom stereocenters. The molecule has 7 nitrogen and oxygen atoms in total. The van der Waals surface area contributed by atoms with Gasteiger partial charge in [0.25, 0.3) is 5.56 Å². The molecule has 0 spiro atoms. The number of pyridine rings is 1. The summed E-state index contributed by atoms with van der Waals surface area (Å²) in [4.78, 5) is 33.8. The molecule has 0 bridgehead atoms. The van der Waals surface area contributed by atoms with Crippen molar-refractivity contribution in [2.24, 2.45) is 0 Å². The number of halogens is 1. The van der Waals surface area contributed by atoms with Gasteiger partial charge >= 0.3 is 0 Å². The van der Waals surface area contributed by atoms with Crippen molar-refractivity contribution in [2.45, 2.75) is 0 Å². The molecule has 1 fully saturated rings. The molecular weight excluding hydrogens is 450 g/mol. The predicted molar refractivity (Wildman–Crippen MR) is 134 cm³/mol. The number of anilines is 1.